The smallest absolute Gasteiger partial charge is 0.281 e. The Morgan fingerprint density at radius 2 is 1.70 bits per heavy atom. The van der Waals surface area contributed by atoms with Gasteiger partial charge in [-0.3, -0.25) is 9.69 Å². The molecule has 0 bridgehead atoms. The Kier molecular flexibility index (Phi) is 6.94. The number of para-hydroxylation sites is 1. The van der Waals surface area contributed by atoms with Crippen molar-refractivity contribution in [2.75, 3.05) is 11.9 Å². The molecule has 1 fully saturated rings. The number of nitrogens with zero attached hydrogens (tertiary/aromatic N) is 3. The number of carbonyl (C=O) groups excluding carboxylic acids is 1. The Morgan fingerprint density at radius 3 is 2.36 bits per heavy atom. The van der Waals surface area contributed by atoms with Gasteiger partial charge in [-0.05, 0) is 86.0 Å². The Labute approximate surface area is 214 Å². The van der Waals surface area contributed by atoms with Crippen LogP contribution in [0.25, 0.3) is 6.08 Å². The van der Waals surface area contributed by atoms with E-state index in [1.807, 2.05) is 60.7 Å². The summed E-state index contributed by atoms with van der Waals surface area (Å²) in [6.07, 6.45) is 1.79. The molecule has 164 valence electrons. The van der Waals surface area contributed by atoms with Gasteiger partial charge in [-0.2, -0.15) is 5.26 Å². The van der Waals surface area contributed by atoms with Crippen LogP contribution in [0, 0.1) is 11.3 Å². The first kappa shape index (κ1) is 23.2. The van der Waals surface area contributed by atoms with E-state index >= 15 is 0 Å². The molecule has 1 aliphatic rings. The summed E-state index contributed by atoms with van der Waals surface area (Å²) in [7, 11) is 1.78. The number of amides is 1. The fourth-order valence-electron chi connectivity index (χ4n) is 3.42. The van der Waals surface area contributed by atoms with Crippen LogP contribution in [0.2, 0.25) is 0 Å². The summed E-state index contributed by atoms with van der Waals surface area (Å²) in [6, 6.07) is 22.6. The van der Waals surface area contributed by atoms with E-state index in [-0.39, 0.29) is 12.5 Å². The molecule has 5 nitrogen and oxygen atoms in total. The molecule has 0 radical (unpaired) electrons. The van der Waals surface area contributed by atoms with Crippen LogP contribution in [0.4, 0.5) is 5.69 Å². The van der Waals surface area contributed by atoms with Gasteiger partial charge in [-0.25, -0.2) is 0 Å². The van der Waals surface area contributed by atoms with E-state index in [1.165, 1.54) is 4.90 Å². The van der Waals surface area contributed by atoms with Crippen LogP contribution in [0.5, 0.6) is 5.75 Å². The second kappa shape index (κ2) is 9.87. The fourth-order valence-corrected chi connectivity index (χ4v) is 5.16. The van der Waals surface area contributed by atoms with Gasteiger partial charge in [0.2, 0.25) is 0 Å². The van der Waals surface area contributed by atoms with Gasteiger partial charge < -0.3 is 9.64 Å². The number of likely N-dealkylation sites (N-methyl/N-ethyl adjacent to an activating group) is 1. The van der Waals surface area contributed by atoms with Gasteiger partial charge in [-0.1, -0.05) is 36.4 Å². The number of hydrogen-bond acceptors (Lipinski definition) is 4. The average Bonchev–Trinajstić information content (AvgIpc) is 3.02. The first-order valence-corrected chi connectivity index (χ1v) is 11.9. The van der Waals surface area contributed by atoms with Gasteiger partial charge in [-0.15, -0.1) is 0 Å². The van der Waals surface area contributed by atoms with Gasteiger partial charge in [0, 0.05) is 12.6 Å². The molecule has 0 saturated carbocycles. The van der Waals surface area contributed by atoms with Crippen molar-refractivity contribution >= 4 is 66.9 Å². The lowest BCUT2D eigenvalue weighted by molar-refractivity contribution is -0.114. The Balaban J connectivity index is 1.60. The Morgan fingerprint density at radius 1 is 1.06 bits per heavy atom. The fraction of sp³-hybridized carbons (Fsp3) is 0.0800. The van der Waals surface area contributed by atoms with E-state index in [9.17, 15) is 10.1 Å². The van der Waals surface area contributed by atoms with Crippen molar-refractivity contribution in [1.29, 1.82) is 5.26 Å². The van der Waals surface area contributed by atoms with Crippen LogP contribution < -0.4 is 9.64 Å². The number of anilines is 1. The highest BCUT2D eigenvalue weighted by Gasteiger charge is 2.36. The summed E-state index contributed by atoms with van der Waals surface area (Å²) in [6.45, 7) is 0.253. The zero-order chi connectivity index (χ0) is 23.5. The predicted octanol–water partition coefficient (Wildman–Crippen LogP) is 6.27. The quantitative estimate of drug-likeness (QED) is 0.262. The highest BCUT2D eigenvalue weighted by Crippen LogP contribution is 2.37. The molecule has 0 spiro atoms. The largest absolute Gasteiger partial charge is 0.486 e. The SMILES string of the molecule is CN1C(=S)N(c2ccccc2)C(=O)/C1=C/c1cc(Br)c(OCc2ccccc2C#N)c(Br)c1. The number of halogens is 2. The molecular formula is C25H17Br2N3O2S. The van der Waals surface area contributed by atoms with E-state index < -0.39 is 0 Å². The zero-order valence-electron chi connectivity index (χ0n) is 17.5. The summed E-state index contributed by atoms with van der Waals surface area (Å²) in [5, 5.41) is 9.70. The van der Waals surface area contributed by atoms with Crippen molar-refractivity contribution in [2.45, 2.75) is 6.61 Å². The Bertz CT molecular complexity index is 1300. The molecule has 0 aliphatic carbocycles. The molecule has 0 atom stereocenters. The van der Waals surface area contributed by atoms with E-state index in [0.717, 1.165) is 16.8 Å². The molecule has 0 unspecified atom stereocenters. The van der Waals surface area contributed by atoms with Gasteiger partial charge in [0.25, 0.3) is 5.91 Å². The molecule has 1 amide bonds. The lowest BCUT2D eigenvalue weighted by Crippen LogP contribution is -2.30. The minimum Gasteiger partial charge on any atom is -0.486 e. The first-order chi connectivity index (χ1) is 15.9. The predicted molar refractivity (Wildman–Crippen MR) is 140 cm³/mol. The topological polar surface area (TPSA) is 56.6 Å². The van der Waals surface area contributed by atoms with Gasteiger partial charge in [0.15, 0.2) is 5.11 Å². The number of thiocarbonyl (C=S) groups is 1. The third-order valence-electron chi connectivity index (χ3n) is 5.11. The van der Waals surface area contributed by atoms with E-state index in [4.69, 9.17) is 17.0 Å². The van der Waals surface area contributed by atoms with Crippen LogP contribution >= 0.6 is 44.1 Å². The standard InChI is InChI=1S/C25H17Br2N3O2S/c1-29-22(24(31)30(25(29)33)19-9-3-2-4-10-19)13-16-11-20(26)23(21(27)12-16)32-15-18-8-6-5-7-17(18)14-28/h2-13H,15H2,1H3/b22-13-. The summed E-state index contributed by atoms with van der Waals surface area (Å²) in [4.78, 5) is 16.4. The molecule has 8 heteroatoms. The molecule has 33 heavy (non-hydrogen) atoms. The minimum absolute atomic E-state index is 0.186. The number of hydrogen-bond donors (Lipinski definition) is 0. The third-order valence-corrected chi connectivity index (χ3v) is 6.74. The second-order valence-electron chi connectivity index (χ2n) is 7.22. The van der Waals surface area contributed by atoms with Crippen molar-refractivity contribution in [1.82, 2.24) is 4.90 Å². The highest BCUT2D eigenvalue weighted by molar-refractivity contribution is 9.11. The lowest BCUT2D eigenvalue weighted by Gasteiger charge is -2.16. The van der Waals surface area contributed by atoms with Crippen LogP contribution in [0.3, 0.4) is 0 Å². The van der Waals surface area contributed by atoms with Crippen LogP contribution in [0.15, 0.2) is 81.4 Å². The summed E-state index contributed by atoms with van der Waals surface area (Å²) in [5.74, 6) is 0.423. The van der Waals surface area contributed by atoms with E-state index in [2.05, 4.69) is 37.9 Å². The second-order valence-corrected chi connectivity index (χ2v) is 9.29. The summed E-state index contributed by atoms with van der Waals surface area (Å²) in [5.41, 5.74) is 3.38. The first-order valence-electron chi connectivity index (χ1n) is 9.89. The van der Waals surface area contributed by atoms with Gasteiger partial charge in [0.1, 0.15) is 18.1 Å². The number of nitriles is 1. The molecule has 3 aromatic carbocycles. The number of rotatable bonds is 5. The maximum Gasteiger partial charge on any atom is 0.281 e. The van der Waals surface area contributed by atoms with E-state index in [1.54, 1.807) is 24.1 Å². The number of benzene rings is 3. The number of ether oxygens (including phenoxy) is 1. The maximum atomic E-state index is 13.1. The highest BCUT2D eigenvalue weighted by atomic mass is 79.9. The Hall–Kier alpha value is -2.99. The van der Waals surface area contributed by atoms with Crippen molar-refractivity contribution in [3.63, 3.8) is 0 Å². The van der Waals surface area contributed by atoms with Crippen LogP contribution in [0.1, 0.15) is 16.7 Å². The molecule has 0 N–H and O–H groups in total. The van der Waals surface area contributed by atoms with Crippen molar-refractivity contribution in [3.8, 4) is 11.8 Å². The van der Waals surface area contributed by atoms with Crippen molar-refractivity contribution < 1.29 is 9.53 Å². The molecule has 1 aliphatic heterocycles. The van der Waals surface area contributed by atoms with Gasteiger partial charge in [0.05, 0.1) is 26.3 Å². The monoisotopic (exact) mass is 581 g/mol. The van der Waals surface area contributed by atoms with Crippen molar-refractivity contribution in [2.24, 2.45) is 0 Å². The van der Waals surface area contributed by atoms with Crippen LogP contribution in [-0.4, -0.2) is 23.0 Å². The minimum atomic E-state index is -0.186. The molecule has 0 aromatic heterocycles. The molecule has 1 saturated heterocycles. The summed E-state index contributed by atoms with van der Waals surface area (Å²) < 4.78 is 7.42. The van der Waals surface area contributed by atoms with Gasteiger partial charge >= 0.3 is 0 Å². The molecule has 1 heterocycles. The molecular weight excluding hydrogens is 566 g/mol. The average molecular weight is 583 g/mol. The van der Waals surface area contributed by atoms with Crippen LogP contribution in [-0.2, 0) is 11.4 Å². The zero-order valence-corrected chi connectivity index (χ0v) is 21.4. The third kappa shape index (κ3) is 4.71. The van der Waals surface area contributed by atoms with Crippen molar-refractivity contribution in [3.05, 3.63) is 98.1 Å². The molecule has 4 rings (SSSR count). The lowest BCUT2D eigenvalue weighted by atomic mass is 10.1. The normalized spacial score (nSPS) is 14.7. The number of carbonyl (C=O) groups is 1. The maximum absolute atomic E-state index is 13.1. The van der Waals surface area contributed by atoms with E-state index in [0.29, 0.717) is 31.1 Å². The summed E-state index contributed by atoms with van der Waals surface area (Å²) >= 11 is 12.6. The molecule has 3 aromatic rings.